The Hall–Kier alpha value is -1.82. The minimum Gasteiger partial charge on any atom is -0.444 e. The number of nitrogens with zero attached hydrogens (tertiary/aromatic N) is 1. The molecular weight excluding hydrogens is 280 g/mol. The van der Waals surface area contributed by atoms with E-state index in [9.17, 15) is 4.79 Å². The Morgan fingerprint density at radius 2 is 2.09 bits per heavy atom. The largest absolute Gasteiger partial charge is 0.444 e. The summed E-state index contributed by atoms with van der Waals surface area (Å²) in [4.78, 5) is 15.9. The van der Waals surface area contributed by atoms with Crippen LogP contribution in [-0.4, -0.2) is 36.3 Å². The van der Waals surface area contributed by atoms with Gasteiger partial charge in [0.05, 0.1) is 11.9 Å². The highest BCUT2D eigenvalue weighted by Gasteiger charge is 2.16. The normalized spacial score (nSPS) is 16.1. The number of anilines is 2. The standard InChI is InChI=1S/C16H26N4O2/c1-16(2,3)22-15(21)20-14-5-4-13(11-19-14)18-10-12-6-8-17-9-7-12/h4-5,11-12,17-18H,6-10H2,1-3H3,(H,19,20,21). The second kappa shape index (κ2) is 7.45. The maximum absolute atomic E-state index is 11.7. The number of carbonyl (C=O) groups is 1. The highest BCUT2D eigenvalue weighted by Crippen LogP contribution is 2.15. The topological polar surface area (TPSA) is 75.3 Å². The van der Waals surface area contributed by atoms with E-state index >= 15 is 0 Å². The fraction of sp³-hybridized carbons (Fsp3) is 0.625. The zero-order valence-corrected chi connectivity index (χ0v) is 13.6. The van der Waals surface area contributed by atoms with Gasteiger partial charge in [0.1, 0.15) is 11.4 Å². The molecule has 22 heavy (non-hydrogen) atoms. The van der Waals surface area contributed by atoms with Crippen molar-refractivity contribution in [2.45, 2.75) is 39.2 Å². The Morgan fingerprint density at radius 3 is 2.68 bits per heavy atom. The molecule has 2 heterocycles. The molecule has 122 valence electrons. The number of amides is 1. The lowest BCUT2D eigenvalue weighted by Gasteiger charge is -2.23. The molecule has 2 rings (SSSR count). The van der Waals surface area contributed by atoms with Gasteiger partial charge in [-0.3, -0.25) is 5.32 Å². The molecular formula is C16H26N4O2. The molecule has 3 N–H and O–H groups in total. The average Bonchev–Trinajstić information content (AvgIpc) is 2.45. The molecule has 0 unspecified atom stereocenters. The molecule has 0 radical (unpaired) electrons. The van der Waals surface area contributed by atoms with Gasteiger partial charge in [0.2, 0.25) is 0 Å². The predicted molar refractivity (Wildman–Crippen MR) is 88.2 cm³/mol. The van der Waals surface area contributed by atoms with Gasteiger partial charge in [-0.1, -0.05) is 0 Å². The number of aromatic nitrogens is 1. The Labute approximate surface area is 132 Å². The molecule has 0 aromatic carbocycles. The summed E-state index contributed by atoms with van der Waals surface area (Å²) in [5.41, 5.74) is 0.453. The summed E-state index contributed by atoms with van der Waals surface area (Å²) >= 11 is 0. The number of ether oxygens (including phenoxy) is 1. The smallest absolute Gasteiger partial charge is 0.413 e. The van der Waals surface area contributed by atoms with E-state index in [0.29, 0.717) is 11.7 Å². The second-order valence-electron chi connectivity index (χ2n) is 6.63. The van der Waals surface area contributed by atoms with E-state index in [4.69, 9.17) is 4.74 Å². The molecule has 1 aromatic heterocycles. The van der Waals surface area contributed by atoms with Crippen LogP contribution in [-0.2, 0) is 4.74 Å². The van der Waals surface area contributed by atoms with E-state index in [1.165, 1.54) is 12.8 Å². The molecule has 0 spiro atoms. The predicted octanol–water partition coefficient (Wildman–Crippen LogP) is 2.84. The van der Waals surface area contributed by atoms with Gasteiger partial charge >= 0.3 is 6.09 Å². The maximum Gasteiger partial charge on any atom is 0.413 e. The Bertz CT molecular complexity index is 476. The molecule has 0 saturated carbocycles. The first-order valence-electron chi connectivity index (χ1n) is 7.83. The van der Waals surface area contributed by atoms with Crippen LogP contribution in [0.25, 0.3) is 0 Å². The van der Waals surface area contributed by atoms with Gasteiger partial charge in [-0.15, -0.1) is 0 Å². The van der Waals surface area contributed by atoms with Crippen molar-refractivity contribution in [3.05, 3.63) is 18.3 Å². The van der Waals surface area contributed by atoms with Crippen LogP contribution in [0.1, 0.15) is 33.6 Å². The number of nitrogens with one attached hydrogen (secondary N) is 3. The number of hydrogen-bond acceptors (Lipinski definition) is 5. The SMILES string of the molecule is CC(C)(C)OC(=O)Nc1ccc(NCC2CCNCC2)cn1. The fourth-order valence-corrected chi connectivity index (χ4v) is 2.33. The van der Waals surface area contributed by atoms with E-state index < -0.39 is 11.7 Å². The molecule has 1 fully saturated rings. The Kier molecular flexibility index (Phi) is 5.60. The van der Waals surface area contributed by atoms with Gasteiger partial charge < -0.3 is 15.4 Å². The van der Waals surface area contributed by atoms with Crippen molar-refractivity contribution in [2.24, 2.45) is 5.92 Å². The summed E-state index contributed by atoms with van der Waals surface area (Å²) in [5.74, 6) is 1.20. The lowest BCUT2D eigenvalue weighted by molar-refractivity contribution is 0.0635. The summed E-state index contributed by atoms with van der Waals surface area (Å²) in [6, 6.07) is 3.69. The minimum atomic E-state index is -0.513. The van der Waals surface area contributed by atoms with E-state index in [0.717, 1.165) is 25.3 Å². The lowest BCUT2D eigenvalue weighted by atomic mass is 9.98. The van der Waals surface area contributed by atoms with Crippen molar-refractivity contribution >= 4 is 17.6 Å². The van der Waals surface area contributed by atoms with Gasteiger partial charge in [0.15, 0.2) is 0 Å². The zero-order chi connectivity index (χ0) is 16.0. The highest BCUT2D eigenvalue weighted by atomic mass is 16.6. The van der Waals surface area contributed by atoms with Crippen LogP contribution >= 0.6 is 0 Å². The Balaban J connectivity index is 1.78. The van der Waals surface area contributed by atoms with Crippen molar-refractivity contribution < 1.29 is 9.53 Å². The maximum atomic E-state index is 11.7. The molecule has 0 atom stereocenters. The number of rotatable bonds is 4. The number of carbonyl (C=O) groups excluding carboxylic acids is 1. The van der Waals surface area contributed by atoms with E-state index in [1.807, 2.05) is 26.8 Å². The summed E-state index contributed by atoms with van der Waals surface area (Å²) in [5, 5.41) is 9.38. The van der Waals surface area contributed by atoms with Gasteiger partial charge in [-0.05, 0) is 64.8 Å². The molecule has 6 heteroatoms. The van der Waals surface area contributed by atoms with Crippen LogP contribution < -0.4 is 16.0 Å². The lowest BCUT2D eigenvalue weighted by Crippen LogP contribution is -2.31. The van der Waals surface area contributed by atoms with E-state index in [1.54, 1.807) is 12.3 Å². The van der Waals surface area contributed by atoms with Crippen molar-refractivity contribution in [3.8, 4) is 0 Å². The van der Waals surface area contributed by atoms with E-state index in [2.05, 4.69) is 20.9 Å². The number of pyridine rings is 1. The molecule has 6 nitrogen and oxygen atoms in total. The van der Waals surface area contributed by atoms with Gasteiger partial charge in [0, 0.05) is 6.54 Å². The Morgan fingerprint density at radius 1 is 1.36 bits per heavy atom. The third-order valence-corrected chi connectivity index (χ3v) is 3.45. The third-order valence-electron chi connectivity index (χ3n) is 3.45. The van der Waals surface area contributed by atoms with Gasteiger partial charge in [0.25, 0.3) is 0 Å². The number of hydrogen-bond donors (Lipinski definition) is 3. The average molecular weight is 306 g/mol. The van der Waals surface area contributed by atoms with Crippen LogP contribution in [0.3, 0.4) is 0 Å². The molecule has 1 aromatic rings. The van der Waals surface area contributed by atoms with Crippen molar-refractivity contribution in [1.82, 2.24) is 10.3 Å². The summed E-state index contributed by atoms with van der Waals surface area (Å²) in [7, 11) is 0. The van der Waals surface area contributed by atoms with Gasteiger partial charge in [-0.2, -0.15) is 0 Å². The minimum absolute atomic E-state index is 0.488. The van der Waals surface area contributed by atoms with Crippen LogP contribution in [0.2, 0.25) is 0 Å². The third kappa shape index (κ3) is 5.89. The van der Waals surface area contributed by atoms with Crippen molar-refractivity contribution in [3.63, 3.8) is 0 Å². The summed E-state index contributed by atoms with van der Waals surface area (Å²) in [6.45, 7) is 8.64. The first kappa shape index (κ1) is 16.5. The molecule has 0 bridgehead atoms. The summed E-state index contributed by atoms with van der Waals surface area (Å²) < 4.78 is 5.19. The van der Waals surface area contributed by atoms with Crippen LogP contribution in [0.4, 0.5) is 16.3 Å². The van der Waals surface area contributed by atoms with Crippen molar-refractivity contribution in [2.75, 3.05) is 30.3 Å². The molecule has 1 aliphatic rings. The first-order chi connectivity index (χ1) is 10.4. The van der Waals surface area contributed by atoms with Crippen molar-refractivity contribution in [1.29, 1.82) is 0 Å². The quantitative estimate of drug-likeness (QED) is 0.797. The van der Waals surface area contributed by atoms with E-state index in [-0.39, 0.29) is 0 Å². The first-order valence-corrected chi connectivity index (χ1v) is 7.83. The molecule has 0 aliphatic carbocycles. The fourth-order valence-electron chi connectivity index (χ4n) is 2.33. The van der Waals surface area contributed by atoms with Crippen LogP contribution in [0, 0.1) is 5.92 Å². The van der Waals surface area contributed by atoms with Crippen LogP contribution in [0.15, 0.2) is 18.3 Å². The zero-order valence-electron chi connectivity index (χ0n) is 13.6. The molecule has 1 saturated heterocycles. The van der Waals surface area contributed by atoms with Crippen LogP contribution in [0.5, 0.6) is 0 Å². The molecule has 1 amide bonds. The molecule has 1 aliphatic heterocycles. The highest BCUT2D eigenvalue weighted by molar-refractivity contribution is 5.83. The monoisotopic (exact) mass is 306 g/mol. The second-order valence-corrected chi connectivity index (χ2v) is 6.63. The summed E-state index contributed by atoms with van der Waals surface area (Å²) in [6.07, 6.45) is 3.65. The van der Waals surface area contributed by atoms with Gasteiger partial charge in [-0.25, -0.2) is 9.78 Å². The number of piperidine rings is 1.